The number of carboxylic acids is 1. The van der Waals surface area contributed by atoms with Gasteiger partial charge in [-0.05, 0) is 41.9 Å². The lowest BCUT2D eigenvalue weighted by atomic mass is 10.1. The molecular formula is C9H10BrNO2. The van der Waals surface area contributed by atoms with Crippen LogP contribution >= 0.6 is 15.9 Å². The zero-order valence-electron chi connectivity index (χ0n) is 7.41. The number of rotatable bonds is 2. The van der Waals surface area contributed by atoms with Crippen molar-refractivity contribution in [1.82, 2.24) is 4.98 Å². The van der Waals surface area contributed by atoms with Gasteiger partial charge in [-0.25, -0.2) is 0 Å². The number of hydrogen-bond acceptors (Lipinski definition) is 2. The Morgan fingerprint density at radius 3 is 2.69 bits per heavy atom. The Labute approximate surface area is 84.9 Å². The minimum atomic E-state index is -0.853. The van der Waals surface area contributed by atoms with Crippen LogP contribution in [0.5, 0.6) is 0 Å². The molecule has 1 heterocycles. The van der Waals surface area contributed by atoms with Crippen LogP contribution in [0, 0.1) is 6.92 Å². The van der Waals surface area contributed by atoms with Gasteiger partial charge in [-0.15, -0.1) is 0 Å². The van der Waals surface area contributed by atoms with Gasteiger partial charge in [0, 0.05) is 4.47 Å². The highest BCUT2D eigenvalue weighted by Crippen LogP contribution is 2.18. The van der Waals surface area contributed by atoms with Crippen LogP contribution in [0.1, 0.15) is 24.2 Å². The number of pyridine rings is 1. The quantitative estimate of drug-likeness (QED) is 0.868. The maximum absolute atomic E-state index is 10.6. The molecule has 0 aliphatic rings. The van der Waals surface area contributed by atoms with E-state index >= 15 is 0 Å². The minimum Gasteiger partial charge on any atom is -0.481 e. The second-order valence-corrected chi connectivity index (χ2v) is 3.72. The van der Waals surface area contributed by atoms with Crippen molar-refractivity contribution in [2.45, 2.75) is 19.8 Å². The molecular weight excluding hydrogens is 234 g/mol. The van der Waals surface area contributed by atoms with Gasteiger partial charge in [-0.3, -0.25) is 9.78 Å². The second kappa shape index (κ2) is 3.87. The predicted octanol–water partition coefficient (Wildman–Crippen LogP) is 2.34. The van der Waals surface area contributed by atoms with Crippen LogP contribution < -0.4 is 0 Å². The summed E-state index contributed by atoms with van der Waals surface area (Å²) in [5, 5.41) is 8.74. The highest BCUT2D eigenvalue weighted by atomic mass is 79.9. The summed E-state index contributed by atoms with van der Waals surface area (Å²) in [6.45, 7) is 3.46. The number of aryl methyl sites for hydroxylation is 1. The number of nitrogens with zero attached hydrogens (tertiary/aromatic N) is 1. The Morgan fingerprint density at radius 1 is 1.62 bits per heavy atom. The van der Waals surface area contributed by atoms with Crippen molar-refractivity contribution in [2.24, 2.45) is 0 Å². The Hall–Kier alpha value is -0.900. The number of carboxylic acid groups (broad SMARTS) is 1. The second-order valence-electron chi connectivity index (χ2n) is 2.86. The van der Waals surface area contributed by atoms with E-state index in [4.69, 9.17) is 5.11 Å². The molecule has 0 aromatic carbocycles. The number of carbonyl (C=O) groups is 1. The molecule has 0 saturated heterocycles. The minimum absolute atomic E-state index is 0.549. The van der Waals surface area contributed by atoms with Crippen molar-refractivity contribution in [1.29, 1.82) is 0 Å². The van der Waals surface area contributed by atoms with Crippen LogP contribution in [0.25, 0.3) is 0 Å². The average molecular weight is 244 g/mol. The van der Waals surface area contributed by atoms with E-state index in [9.17, 15) is 4.79 Å². The van der Waals surface area contributed by atoms with Crippen LogP contribution in [0.15, 0.2) is 16.6 Å². The standard InChI is InChI=1S/C9H10BrNO2/c1-5(9(12)13)8-4-3-7(10)6(2)11-8/h3-5H,1-2H3,(H,12,13). The molecule has 1 unspecified atom stereocenters. The van der Waals surface area contributed by atoms with E-state index in [1.54, 1.807) is 13.0 Å². The molecule has 13 heavy (non-hydrogen) atoms. The maximum atomic E-state index is 10.6. The summed E-state index contributed by atoms with van der Waals surface area (Å²) in [6, 6.07) is 3.53. The average Bonchev–Trinajstić information content (AvgIpc) is 2.08. The SMILES string of the molecule is Cc1nc(C(C)C(=O)O)ccc1Br. The van der Waals surface area contributed by atoms with Gasteiger partial charge in [0.25, 0.3) is 0 Å². The molecule has 0 spiro atoms. The fourth-order valence-corrected chi connectivity index (χ4v) is 1.15. The third kappa shape index (κ3) is 2.28. The van der Waals surface area contributed by atoms with E-state index in [0.29, 0.717) is 5.69 Å². The molecule has 0 saturated carbocycles. The maximum Gasteiger partial charge on any atom is 0.312 e. The van der Waals surface area contributed by atoms with Gasteiger partial charge in [0.15, 0.2) is 0 Å². The van der Waals surface area contributed by atoms with Crippen LogP contribution in [-0.2, 0) is 4.79 Å². The highest BCUT2D eigenvalue weighted by Gasteiger charge is 2.15. The molecule has 0 bridgehead atoms. The Balaban J connectivity index is 3.03. The molecule has 0 aliphatic carbocycles. The molecule has 1 aromatic rings. The van der Waals surface area contributed by atoms with Crippen LogP contribution in [0.2, 0.25) is 0 Å². The van der Waals surface area contributed by atoms with Gasteiger partial charge in [0.2, 0.25) is 0 Å². The van der Waals surface area contributed by atoms with Crippen LogP contribution in [0.3, 0.4) is 0 Å². The van der Waals surface area contributed by atoms with Crippen molar-refractivity contribution >= 4 is 21.9 Å². The van der Waals surface area contributed by atoms with E-state index in [-0.39, 0.29) is 0 Å². The summed E-state index contributed by atoms with van der Waals surface area (Å²) in [5.41, 5.74) is 1.40. The Kier molecular flexibility index (Phi) is 3.03. The summed E-state index contributed by atoms with van der Waals surface area (Å²) in [7, 11) is 0. The van der Waals surface area contributed by atoms with Gasteiger partial charge in [-0.1, -0.05) is 0 Å². The van der Waals surface area contributed by atoms with Gasteiger partial charge in [-0.2, -0.15) is 0 Å². The third-order valence-corrected chi connectivity index (χ3v) is 2.70. The summed E-state index contributed by atoms with van der Waals surface area (Å²) < 4.78 is 0.897. The Bertz CT molecular complexity index is 338. The lowest BCUT2D eigenvalue weighted by molar-refractivity contribution is -0.138. The first-order valence-corrected chi connectivity index (χ1v) is 4.67. The molecule has 0 aliphatic heterocycles. The van der Waals surface area contributed by atoms with Gasteiger partial charge in [0.1, 0.15) is 0 Å². The normalized spacial score (nSPS) is 12.5. The van der Waals surface area contributed by atoms with E-state index in [2.05, 4.69) is 20.9 Å². The summed E-state index contributed by atoms with van der Waals surface area (Å²) in [6.07, 6.45) is 0. The fraction of sp³-hybridized carbons (Fsp3) is 0.333. The van der Waals surface area contributed by atoms with E-state index in [1.807, 2.05) is 13.0 Å². The van der Waals surface area contributed by atoms with Gasteiger partial charge in [0.05, 0.1) is 17.3 Å². The smallest absolute Gasteiger partial charge is 0.312 e. The third-order valence-electron chi connectivity index (χ3n) is 1.86. The van der Waals surface area contributed by atoms with Crippen molar-refractivity contribution < 1.29 is 9.90 Å². The van der Waals surface area contributed by atoms with E-state index < -0.39 is 11.9 Å². The van der Waals surface area contributed by atoms with Gasteiger partial charge < -0.3 is 5.11 Å². The largest absolute Gasteiger partial charge is 0.481 e. The van der Waals surface area contributed by atoms with Crippen molar-refractivity contribution in [3.05, 3.63) is 28.0 Å². The summed E-state index contributed by atoms with van der Waals surface area (Å²) in [4.78, 5) is 14.8. The zero-order valence-corrected chi connectivity index (χ0v) is 9.00. The predicted molar refractivity (Wildman–Crippen MR) is 52.7 cm³/mol. The molecule has 3 nitrogen and oxygen atoms in total. The van der Waals surface area contributed by atoms with E-state index in [1.165, 1.54) is 0 Å². The molecule has 1 N–H and O–H groups in total. The fourth-order valence-electron chi connectivity index (χ4n) is 0.931. The van der Waals surface area contributed by atoms with Crippen molar-refractivity contribution in [2.75, 3.05) is 0 Å². The summed E-state index contributed by atoms with van der Waals surface area (Å²) in [5.74, 6) is -1.40. The zero-order chi connectivity index (χ0) is 10.0. The van der Waals surface area contributed by atoms with Crippen molar-refractivity contribution in [3.63, 3.8) is 0 Å². The molecule has 1 atom stereocenters. The Morgan fingerprint density at radius 2 is 2.23 bits per heavy atom. The molecule has 0 radical (unpaired) electrons. The van der Waals surface area contributed by atoms with E-state index in [0.717, 1.165) is 10.2 Å². The number of halogens is 1. The first-order valence-electron chi connectivity index (χ1n) is 3.88. The molecule has 0 amide bonds. The van der Waals surface area contributed by atoms with Crippen LogP contribution in [0.4, 0.5) is 0 Å². The lowest BCUT2D eigenvalue weighted by Gasteiger charge is -2.06. The topological polar surface area (TPSA) is 50.2 Å². The molecule has 1 aromatic heterocycles. The molecule has 70 valence electrons. The number of hydrogen-bond donors (Lipinski definition) is 1. The van der Waals surface area contributed by atoms with Crippen LogP contribution in [-0.4, -0.2) is 16.1 Å². The molecule has 4 heteroatoms. The van der Waals surface area contributed by atoms with Crippen molar-refractivity contribution in [3.8, 4) is 0 Å². The monoisotopic (exact) mass is 243 g/mol. The highest BCUT2D eigenvalue weighted by molar-refractivity contribution is 9.10. The number of aliphatic carboxylic acids is 1. The number of aromatic nitrogens is 1. The molecule has 0 fully saturated rings. The first-order chi connectivity index (χ1) is 6.02. The van der Waals surface area contributed by atoms with Gasteiger partial charge >= 0.3 is 5.97 Å². The first kappa shape index (κ1) is 10.2. The summed E-state index contributed by atoms with van der Waals surface area (Å²) >= 11 is 3.31. The lowest BCUT2D eigenvalue weighted by Crippen LogP contribution is -2.09. The molecule has 1 rings (SSSR count).